The van der Waals surface area contributed by atoms with Crippen LogP contribution in [0.5, 0.6) is 0 Å². The van der Waals surface area contributed by atoms with Gasteiger partial charge in [0.15, 0.2) is 5.69 Å². The van der Waals surface area contributed by atoms with Gasteiger partial charge in [-0.25, -0.2) is 4.98 Å². The molecule has 2 amide bonds. The summed E-state index contributed by atoms with van der Waals surface area (Å²) in [4.78, 5) is 42.5. The summed E-state index contributed by atoms with van der Waals surface area (Å²) in [5.74, 6) is 0.592. The lowest BCUT2D eigenvalue weighted by molar-refractivity contribution is -0.123. The van der Waals surface area contributed by atoms with Crippen LogP contribution < -0.4 is 5.32 Å². The normalized spacial score (nSPS) is 15.4. The Morgan fingerprint density at radius 1 is 1.24 bits per heavy atom. The molecule has 0 aromatic carbocycles. The Labute approximate surface area is 193 Å². The maximum atomic E-state index is 13.0. The van der Waals surface area contributed by atoms with Gasteiger partial charge in [-0.1, -0.05) is 13.8 Å². The lowest BCUT2D eigenvalue weighted by atomic mass is 10.0. The Hall–Kier alpha value is -3.21. The summed E-state index contributed by atoms with van der Waals surface area (Å²) in [5, 5.41) is 14.1. The van der Waals surface area contributed by atoms with Crippen LogP contribution in [0.4, 0.5) is 0 Å². The maximum absolute atomic E-state index is 13.0. The summed E-state index contributed by atoms with van der Waals surface area (Å²) in [7, 11) is 2.06. The molecule has 0 aliphatic carbocycles. The van der Waals surface area contributed by atoms with E-state index in [1.54, 1.807) is 17.8 Å². The van der Waals surface area contributed by atoms with Gasteiger partial charge < -0.3 is 24.6 Å². The summed E-state index contributed by atoms with van der Waals surface area (Å²) in [5.41, 5.74) is 1.19. The van der Waals surface area contributed by atoms with Crippen molar-refractivity contribution in [2.75, 3.05) is 33.2 Å². The number of oxazole rings is 1. The highest BCUT2D eigenvalue weighted by Gasteiger charge is 2.29. The number of hydrogen-bond donors (Lipinski definition) is 2. The van der Waals surface area contributed by atoms with Crippen LogP contribution in [0.3, 0.4) is 0 Å². The van der Waals surface area contributed by atoms with E-state index in [0.29, 0.717) is 30.4 Å². The fourth-order valence-electron chi connectivity index (χ4n) is 3.58. The molecule has 0 radical (unpaired) electrons. The number of amides is 2. The molecule has 2 aromatic heterocycles. The van der Waals surface area contributed by atoms with E-state index >= 15 is 0 Å². The van der Waals surface area contributed by atoms with E-state index in [2.05, 4.69) is 27.3 Å². The SMILES string of the molecule is Cc1ccn(CC(=O)N[C@@H](c2nc(C(=O)N3CCCN(C)CC3)c(C)o2)C(C)C)n1.O=CO. The number of aromatic nitrogens is 3. The topological polar surface area (TPSA) is 134 Å². The fraction of sp³-hybridized carbons (Fsp3) is 0.591. The quantitative estimate of drug-likeness (QED) is 0.617. The van der Waals surface area contributed by atoms with Crippen LogP contribution in [0.2, 0.25) is 0 Å². The molecule has 0 bridgehead atoms. The minimum atomic E-state index is -0.426. The van der Waals surface area contributed by atoms with Crippen molar-refractivity contribution in [3.05, 3.63) is 35.3 Å². The van der Waals surface area contributed by atoms with Crippen LogP contribution in [-0.4, -0.2) is 81.2 Å². The summed E-state index contributed by atoms with van der Waals surface area (Å²) in [6.07, 6.45) is 2.70. The van der Waals surface area contributed by atoms with Crippen LogP contribution in [0, 0.1) is 19.8 Å². The molecule has 1 atom stereocenters. The molecule has 3 heterocycles. The highest BCUT2D eigenvalue weighted by Crippen LogP contribution is 2.24. The minimum absolute atomic E-state index is 0.0427. The van der Waals surface area contributed by atoms with E-state index in [1.807, 2.05) is 31.7 Å². The average molecular weight is 463 g/mol. The third-order valence-electron chi connectivity index (χ3n) is 5.35. The zero-order valence-electron chi connectivity index (χ0n) is 19.9. The second kappa shape index (κ2) is 12.1. The summed E-state index contributed by atoms with van der Waals surface area (Å²) >= 11 is 0. The molecule has 1 saturated heterocycles. The molecule has 0 spiro atoms. The number of carbonyl (C=O) groups excluding carboxylic acids is 2. The van der Waals surface area contributed by atoms with Gasteiger partial charge in [0.1, 0.15) is 18.3 Å². The zero-order valence-corrected chi connectivity index (χ0v) is 19.9. The molecular weight excluding hydrogens is 428 g/mol. The largest absolute Gasteiger partial charge is 0.483 e. The number of carbonyl (C=O) groups is 3. The Balaban J connectivity index is 0.00000122. The maximum Gasteiger partial charge on any atom is 0.290 e. The number of hydrogen-bond acceptors (Lipinski definition) is 7. The van der Waals surface area contributed by atoms with Crippen molar-refractivity contribution in [2.45, 2.75) is 46.7 Å². The van der Waals surface area contributed by atoms with Gasteiger partial charge in [-0.05, 0) is 45.8 Å². The van der Waals surface area contributed by atoms with Crippen LogP contribution in [0.25, 0.3) is 0 Å². The molecule has 0 unspecified atom stereocenters. The second-order valence-electron chi connectivity index (χ2n) is 8.46. The molecule has 0 saturated carbocycles. The molecule has 11 heteroatoms. The third kappa shape index (κ3) is 7.41. The van der Waals surface area contributed by atoms with Crippen LogP contribution >= 0.6 is 0 Å². The Bertz CT molecular complexity index is 938. The van der Waals surface area contributed by atoms with Crippen molar-refractivity contribution in [3.63, 3.8) is 0 Å². The molecule has 2 N–H and O–H groups in total. The van der Waals surface area contributed by atoms with Gasteiger partial charge in [0.25, 0.3) is 12.4 Å². The molecule has 1 aliphatic rings. The van der Waals surface area contributed by atoms with Crippen molar-refractivity contribution in [3.8, 4) is 0 Å². The Morgan fingerprint density at radius 2 is 1.94 bits per heavy atom. The minimum Gasteiger partial charge on any atom is -0.483 e. The van der Waals surface area contributed by atoms with E-state index in [1.165, 1.54) is 0 Å². The summed E-state index contributed by atoms with van der Waals surface area (Å²) in [6.45, 7) is 10.6. The lowest BCUT2D eigenvalue weighted by Crippen LogP contribution is -2.36. The standard InChI is InChI=1S/C21H32N6O3.CH2O2/c1-14(2)18(22-17(28)13-27-10-7-15(3)24-27)20-23-19(16(4)30-20)21(29)26-9-6-8-25(5)11-12-26;2-1-3/h7,10,14,18H,6,8-9,11-13H2,1-5H3,(H,22,28);1H,(H,2,3)/t18-;/m1./s1. The fourth-order valence-corrected chi connectivity index (χ4v) is 3.58. The van der Waals surface area contributed by atoms with Gasteiger partial charge in [0.2, 0.25) is 11.8 Å². The smallest absolute Gasteiger partial charge is 0.290 e. The first-order chi connectivity index (χ1) is 15.7. The predicted molar refractivity (Wildman–Crippen MR) is 121 cm³/mol. The van der Waals surface area contributed by atoms with Crippen molar-refractivity contribution < 1.29 is 23.9 Å². The summed E-state index contributed by atoms with van der Waals surface area (Å²) in [6, 6.07) is 1.42. The van der Waals surface area contributed by atoms with E-state index in [4.69, 9.17) is 14.3 Å². The highest BCUT2D eigenvalue weighted by molar-refractivity contribution is 5.93. The monoisotopic (exact) mass is 462 g/mol. The lowest BCUT2D eigenvalue weighted by Gasteiger charge is -2.20. The number of rotatable bonds is 6. The number of carboxylic acid groups (broad SMARTS) is 1. The second-order valence-corrected chi connectivity index (χ2v) is 8.46. The first-order valence-corrected chi connectivity index (χ1v) is 11.0. The van der Waals surface area contributed by atoms with Gasteiger partial charge in [-0.3, -0.25) is 19.1 Å². The molecule has 182 valence electrons. The van der Waals surface area contributed by atoms with Crippen molar-refractivity contribution in [1.82, 2.24) is 29.9 Å². The molecule has 1 fully saturated rings. The summed E-state index contributed by atoms with van der Waals surface area (Å²) < 4.78 is 7.44. The van der Waals surface area contributed by atoms with Crippen molar-refractivity contribution in [1.29, 1.82) is 0 Å². The van der Waals surface area contributed by atoms with Crippen molar-refractivity contribution >= 4 is 18.3 Å². The Morgan fingerprint density at radius 3 is 2.55 bits per heavy atom. The van der Waals surface area contributed by atoms with E-state index in [-0.39, 0.29) is 30.7 Å². The number of nitrogens with one attached hydrogen (secondary N) is 1. The number of likely N-dealkylation sites (N-methyl/N-ethyl adjacent to an activating group) is 1. The molecular formula is C22H34N6O5. The third-order valence-corrected chi connectivity index (χ3v) is 5.35. The predicted octanol–water partition coefficient (Wildman–Crippen LogP) is 1.48. The molecule has 3 rings (SSSR count). The number of aryl methyl sites for hydroxylation is 2. The van der Waals surface area contributed by atoms with Crippen LogP contribution in [-0.2, 0) is 16.1 Å². The van der Waals surface area contributed by atoms with Crippen molar-refractivity contribution in [2.24, 2.45) is 5.92 Å². The van der Waals surface area contributed by atoms with E-state index in [0.717, 1.165) is 25.2 Å². The average Bonchev–Trinajstić information content (AvgIpc) is 3.25. The first-order valence-electron chi connectivity index (χ1n) is 11.0. The molecule has 11 nitrogen and oxygen atoms in total. The van der Waals surface area contributed by atoms with Gasteiger partial charge in [0.05, 0.1) is 5.69 Å². The van der Waals surface area contributed by atoms with Gasteiger partial charge >= 0.3 is 0 Å². The molecule has 33 heavy (non-hydrogen) atoms. The van der Waals surface area contributed by atoms with Gasteiger partial charge in [-0.15, -0.1) is 0 Å². The highest BCUT2D eigenvalue weighted by atomic mass is 16.4. The number of nitrogens with zero attached hydrogens (tertiary/aromatic N) is 5. The van der Waals surface area contributed by atoms with Gasteiger partial charge in [-0.2, -0.15) is 5.10 Å². The zero-order chi connectivity index (χ0) is 24.5. The Kier molecular flexibility index (Phi) is 9.58. The molecule has 2 aromatic rings. The van der Waals surface area contributed by atoms with Crippen LogP contribution in [0.1, 0.15) is 54.1 Å². The molecule has 1 aliphatic heterocycles. The van der Waals surface area contributed by atoms with Crippen LogP contribution in [0.15, 0.2) is 16.7 Å². The van der Waals surface area contributed by atoms with E-state index in [9.17, 15) is 9.59 Å². The van der Waals surface area contributed by atoms with E-state index < -0.39 is 6.04 Å². The first kappa shape index (κ1) is 26.0. The van der Waals surface area contributed by atoms with Gasteiger partial charge in [0, 0.05) is 25.8 Å².